The second kappa shape index (κ2) is 4.53. The van der Waals surface area contributed by atoms with E-state index in [9.17, 15) is 22.0 Å². The molecule has 1 aromatic heterocycles. The van der Waals surface area contributed by atoms with E-state index in [0.29, 0.717) is 0 Å². The lowest BCUT2D eigenvalue weighted by molar-refractivity contribution is 0.381. The molecule has 0 aliphatic rings. The van der Waals surface area contributed by atoms with Crippen LogP contribution in [-0.4, -0.2) is 4.98 Å². The topological polar surface area (TPSA) is 12.9 Å². The number of pyridine rings is 1. The Hall–Kier alpha value is -1.69. The molecule has 0 N–H and O–H groups in total. The zero-order chi connectivity index (χ0) is 13.4. The summed E-state index contributed by atoms with van der Waals surface area (Å²) in [7, 11) is 0. The van der Waals surface area contributed by atoms with Crippen molar-refractivity contribution in [2.24, 2.45) is 0 Å². The molecule has 0 saturated heterocycles. The van der Waals surface area contributed by atoms with E-state index in [2.05, 4.69) is 4.98 Å². The minimum Gasteiger partial charge on any atom is -0.245 e. The van der Waals surface area contributed by atoms with E-state index in [0.717, 1.165) is 18.3 Å². The molecule has 2 rings (SSSR count). The maximum Gasteiger partial charge on any atom is 0.200 e. The first-order valence-electron chi connectivity index (χ1n) is 4.57. The van der Waals surface area contributed by atoms with Gasteiger partial charge in [0.05, 0.1) is 5.56 Å². The number of aromatic nitrogens is 1. The van der Waals surface area contributed by atoms with Gasteiger partial charge in [-0.05, 0) is 17.7 Å². The second-order valence-corrected chi connectivity index (χ2v) is 3.70. The molecule has 94 valence electrons. The Balaban J connectivity index is 2.80. The number of hydrogen-bond acceptors (Lipinski definition) is 1. The average molecular weight is 280 g/mol. The van der Waals surface area contributed by atoms with Crippen LogP contribution in [0.15, 0.2) is 18.3 Å². The lowest BCUT2D eigenvalue weighted by Gasteiger charge is -2.08. The van der Waals surface area contributed by atoms with Crippen molar-refractivity contribution in [1.29, 1.82) is 0 Å². The normalized spacial score (nSPS) is 10.8. The summed E-state index contributed by atoms with van der Waals surface area (Å²) in [5.74, 6) is -10.0. The van der Waals surface area contributed by atoms with Gasteiger partial charge in [0.2, 0.25) is 5.82 Å². The van der Waals surface area contributed by atoms with Crippen LogP contribution in [0, 0.1) is 29.1 Å². The number of hydrogen-bond donors (Lipinski definition) is 0. The molecule has 0 bridgehead atoms. The van der Waals surface area contributed by atoms with Crippen molar-refractivity contribution in [2.45, 2.75) is 0 Å². The van der Waals surface area contributed by atoms with Gasteiger partial charge in [-0.3, -0.25) is 0 Å². The number of benzene rings is 1. The maximum atomic E-state index is 13.4. The highest BCUT2D eigenvalue weighted by molar-refractivity contribution is 6.29. The molecule has 0 radical (unpaired) electrons. The molecule has 18 heavy (non-hydrogen) atoms. The summed E-state index contributed by atoms with van der Waals surface area (Å²) in [4.78, 5) is 3.55. The standard InChI is InChI=1S/C11H3ClF5N/c12-5-3-4(1-2-18-5)6-7(13)9(15)11(17)10(16)8(6)14/h1-3H. The van der Waals surface area contributed by atoms with Crippen LogP contribution in [0.4, 0.5) is 22.0 Å². The van der Waals surface area contributed by atoms with Crippen molar-refractivity contribution >= 4 is 11.6 Å². The molecular formula is C11H3ClF5N. The van der Waals surface area contributed by atoms with Gasteiger partial charge in [-0.2, -0.15) is 0 Å². The first kappa shape index (κ1) is 12.8. The fourth-order valence-electron chi connectivity index (χ4n) is 1.42. The van der Waals surface area contributed by atoms with Gasteiger partial charge >= 0.3 is 0 Å². The van der Waals surface area contributed by atoms with Crippen molar-refractivity contribution in [3.8, 4) is 11.1 Å². The fourth-order valence-corrected chi connectivity index (χ4v) is 1.59. The van der Waals surface area contributed by atoms with E-state index in [-0.39, 0.29) is 10.7 Å². The summed E-state index contributed by atoms with van der Waals surface area (Å²) in [6.07, 6.45) is 1.09. The largest absolute Gasteiger partial charge is 0.245 e. The first-order chi connectivity index (χ1) is 8.43. The smallest absolute Gasteiger partial charge is 0.200 e. The molecule has 0 saturated carbocycles. The van der Waals surface area contributed by atoms with Gasteiger partial charge in [0.1, 0.15) is 5.15 Å². The van der Waals surface area contributed by atoms with Crippen molar-refractivity contribution in [2.75, 3.05) is 0 Å². The van der Waals surface area contributed by atoms with Gasteiger partial charge in [0, 0.05) is 6.20 Å². The van der Waals surface area contributed by atoms with E-state index < -0.39 is 34.6 Å². The Morgan fingerprint density at radius 1 is 0.833 bits per heavy atom. The lowest BCUT2D eigenvalue weighted by atomic mass is 10.0. The highest BCUT2D eigenvalue weighted by Crippen LogP contribution is 2.31. The predicted octanol–water partition coefficient (Wildman–Crippen LogP) is 4.10. The molecule has 1 heterocycles. The van der Waals surface area contributed by atoms with Crippen LogP contribution in [0.2, 0.25) is 5.15 Å². The molecule has 7 heteroatoms. The monoisotopic (exact) mass is 279 g/mol. The summed E-state index contributed by atoms with van der Waals surface area (Å²) in [5.41, 5.74) is -1.28. The quantitative estimate of drug-likeness (QED) is 0.331. The number of nitrogens with zero attached hydrogens (tertiary/aromatic N) is 1. The Morgan fingerprint density at radius 2 is 1.33 bits per heavy atom. The summed E-state index contributed by atoms with van der Waals surface area (Å²) in [6.45, 7) is 0. The van der Waals surface area contributed by atoms with Crippen LogP contribution in [0.25, 0.3) is 11.1 Å². The van der Waals surface area contributed by atoms with Crippen molar-refractivity contribution in [1.82, 2.24) is 4.98 Å². The highest BCUT2D eigenvalue weighted by atomic mass is 35.5. The van der Waals surface area contributed by atoms with Crippen molar-refractivity contribution < 1.29 is 22.0 Å². The number of halogens is 6. The molecule has 1 aromatic carbocycles. The Kier molecular flexibility index (Phi) is 3.21. The zero-order valence-corrected chi connectivity index (χ0v) is 9.20. The zero-order valence-electron chi connectivity index (χ0n) is 8.45. The third kappa shape index (κ3) is 1.92. The molecule has 0 atom stereocenters. The van der Waals surface area contributed by atoms with Gasteiger partial charge in [0.25, 0.3) is 0 Å². The van der Waals surface area contributed by atoms with Crippen LogP contribution < -0.4 is 0 Å². The van der Waals surface area contributed by atoms with Crippen molar-refractivity contribution in [3.05, 3.63) is 52.6 Å². The van der Waals surface area contributed by atoms with Crippen LogP contribution in [0.3, 0.4) is 0 Å². The molecule has 0 amide bonds. The predicted molar refractivity (Wildman–Crippen MR) is 54.5 cm³/mol. The van der Waals surface area contributed by atoms with Gasteiger partial charge in [-0.25, -0.2) is 26.9 Å². The van der Waals surface area contributed by atoms with Gasteiger partial charge in [0.15, 0.2) is 23.3 Å². The summed E-state index contributed by atoms with van der Waals surface area (Å²) in [6, 6.07) is 2.09. The summed E-state index contributed by atoms with van der Waals surface area (Å²) in [5, 5.41) is -0.128. The maximum absolute atomic E-state index is 13.4. The minimum atomic E-state index is -2.20. The molecule has 0 spiro atoms. The molecule has 0 aliphatic heterocycles. The molecule has 0 fully saturated rings. The van der Waals surface area contributed by atoms with Gasteiger partial charge < -0.3 is 0 Å². The molecule has 0 aliphatic carbocycles. The van der Waals surface area contributed by atoms with Crippen LogP contribution >= 0.6 is 11.6 Å². The van der Waals surface area contributed by atoms with Gasteiger partial charge in [-0.1, -0.05) is 11.6 Å². The number of rotatable bonds is 1. The van der Waals surface area contributed by atoms with E-state index >= 15 is 0 Å². The van der Waals surface area contributed by atoms with Gasteiger partial charge in [-0.15, -0.1) is 0 Å². The Morgan fingerprint density at radius 3 is 1.83 bits per heavy atom. The summed E-state index contributed by atoms with van der Waals surface area (Å²) >= 11 is 5.49. The minimum absolute atomic E-state index is 0.128. The van der Waals surface area contributed by atoms with Crippen LogP contribution in [0.5, 0.6) is 0 Å². The SMILES string of the molecule is Fc1c(F)c(F)c(-c2ccnc(Cl)c2)c(F)c1F. The van der Waals surface area contributed by atoms with E-state index in [1.165, 1.54) is 0 Å². The van der Waals surface area contributed by atoms with Crippen LogP contribution in [-0.2, 0) is 0 Å². The lowest BCUT2D eigenvalue weighted by Crippen LogP contribution is -2.04. The third-order valence-corrected chi connectivity index (χ3v) is 2.43. The fraction of sp³-hybridized carbons (Fsp3) is 0. The second-order valence-electron chi connectivity index (χ2n) is 3.31. The summed E-state index contributed by atoms with van der Waals surface area (Å²) < 4.78 is 65.7. The highest BCUT2D eigenvalue weighted by Gasteiger charge is 2.26. The molecule has 2 aromatic rings. The van der Waals surface area contributed by atoms with Crippen molar-refractivity contribution in [3.63, 3.8) is 0 Å². The first-order valence-corrected chi connectivity index (χ1v) is 4.94. The van der Waals surface area contributed by atoms with E-state index in [4.69, 9.17) is 11.6 Å². The molecule has 1 nitrogen and oxygen atoms in total. The van der Waals surface area contributed by atoms with E-state index in [1.54, 1.807) is 0 Å². The molecular weight excluding hydrogens is 277 g/mol. The third-order valence-electron chi connectivity index (χ3n) is 2.23. The van der Waals surface area contributed by atoms with Crippen LogP contribution in [0.1, 0.15) is 0 Å². The molecule has 0 unspecified atom stereocenters. The Bertz CT molecular complexity index is 600. The van der Waals surface area contributed by atoms with E-state index in [1.807, 2.05) is 0 Å². The Labute approximate surface area is 103 Å². The average Bonchev–Trinajstić information content (AvgIpc) is 2.34.